The lowest BCUT2D eigenvalue weighted by Gasteiger charge is -2.45. The Morgan fingerprint density at radius 2 is 2.17 bits per heavy atom. The Morgan fingerprint density at radius 1 is 1.50 bits per heavy atom. The molecule has 2 N–H and O–H groups in total. The van der Waals surface area contributed by atoms with Crippen LogP contribution in [0.4, 0.5) is 0 Å². The van der Waals surface area contributed by atoms with Gasteiger partial charge in [0.1, 0.15) is 0 Å². The quantitative estimate of drug-likeness (QED) is 0.776. The summed E-state index contributed by atoms with van der Waals surface area (Å²) in [6.07, 6.45) is 4.93. The lowest BCUT2D eigenvalue weighted by Crippen LogP contribution is -2.56. The van der Waals surface area contributed by atoms with E-state index in [-0.39, 0.29) is 17.5 Å². The van der Waals surface area contributed by atoms with Gasteiger partial charge in [-0.15, -0.1) is 0 Å². The third kappa shape index (κ3) is 3.69. The molecule has 4 heteroatoms. The number of hydrogen-bond donors (Lipinski definition) is 2. The molecule has 1 rings (SSSR count). The zero-order chi connectivity index (χ0) is 13.8. The first kappa shape index (κ1) is 15.4. The van der Waals surface area contributed by atoms with E-state index < -0.39 is 0 Å². The lowest BCUT2D eigenvalue weighted by molar-refractivity contribution is -0.123. The van der Waals surface area contributed by atoms with E-state index in [1.165, 1.54) is 25.7 Å². The van der Waals surface area contributed by atoms with Crippen LogP contribution in [-0.2, 0) is 4.79 Å². The molecule has 18 heavy (non-hydrogen) atoms. The van der Waals surface area contributed by atoms with Gasteiger partial charge in [0.2, 0.25) is 5.91 Å². The Balaban J connectivity index is 2.61. The van der Waals surface area contributed by atoms with Gasteiger partial charge in [-0.1, -0.05) is 19.8 Å². The minimum atomic E-state index is -0.120. The van der Waals surface area contributed by atoms with E-state index in [1.54, 1.807) is 0 Å². The number of likely N-dealkylation sites (N-methyl/N-ethyl adjacent to an activating group) is 2. The molecule has 0 aromatic rings. The van der Waals surface area contributed by atoms with Gasteiger partial charge in [-0.25, -0.2) is 0 Å². The molecule has 0 bridgehead atoms. The first-order valence-electron chi connectivity index (χ1n) is 7.03. The van der Waals surface area contributed by atoms with E-state index in [2.05, 4.69) is 36.6 Å². The summed E-state index contributed by atoms with van der Waals surface area (Å²) < 4.78 is 0. The molecule has 3 atom stereocenters. The Bertz CT molecular complexity index is 280. The van der Waals surface area contributed by atoms with E-state index in [9.17, 15) is 4.79 Å². The van der Waals surface area contributed by atoms with Crippen molar-refractivity contribution in [3.63, 3.8) is 0 Å². The summed E-state index contributed by atoms with van der Waals surface area (Å²) in [4.78, 5) is 14.2. The van der Waals surface area contributed by atoms with Gasteiger partial charge in [0.15, 0.2) is 0 Å². The first-order valence-corrected chi connectivity index (χ1v) is 7.03. The van der Waals surface area contributed by atoms with Crippen LogP contribution in [0.5, 0.6) is 0 Å². The highest BCUT2D eigenvalue weighted by molar-refractivity contribution is 5.81. The van der Waals surface area contributed by atoms with E-state index in [1.807, 2.05) is 14.0 Å². The van der Waals surface area contributed by atoms with E-state index in [0.29, 0.717) is 0 Å². The maximum Gasteiger partial charge on any atom is 0.236 e. The predicted molar refractivity (Wildman–Crippen MR) is 75.6 cm³/mol. The summed E-state index contributed by atoms with van der Waals surface area (Å²) in [7, 11) is 6.08. The zero-order valence-corrected chi connectivity index (χ0v) is 12.5. The summed E-state index contributed by atoms with van der Waals surface area (Å²) in [5.41, 5.74) is 0.140. The van der Waals surface area contributed by atoms with Gasteiger partial charge in [0.25, 0.3) is 0 Å². The topological polar surface area (TPSA) is 44.4 Å². The van der Waals surface area contributed by atoms with E-state index >= 15 is 0 Å². The third-order valence-electron chi connectivity index (χ3n) is 4.43. The van der Waals surface area contributed by atoms with Crippen LogP contribution >= 0.6 is 0 Å². The van der Waals surface area contributed by atoms with Crippen LogP contribution in [0.25, 0.3) is 0 Å². The molecular weight excluding hydrogens is 226 g/mol. The van der Waals surface area contributed by atoms with Crippen LogP contribution in [0.15, 0.2) is 0 Å². The van der Waals surface area contributed by atoms with Gasteiger partial charge in [-0.3, -0.25) is 4.79 Å². The molecule has 1 aliphatic carbocycles. The maximum atomic E-state index is 11.9. The summed E-state index contributed by atoms with van der Waals surface area (Å²) in [5, 5.41) is 6.08. The summed E-state index contributed by atoms with van der Waals surface area (Å²) >= 11 is 0. The van der Waals surface area contributed by atoms with Crippen molar-refractivity contribution >= 4 is 5.91 Å². The minimum absolute atomic E-state index is 0.0944. The lowest BCUT2D eigenvalue weighted by atomic mass is 9.75. The van der Waals surface area contributed by atoms with Gasteiger partial charge in [0, 0.05) is 12.1 Å². The molecule has 0 aromatic carbocycles. The summed E-state index contributed by atoms with van der Waals surface area (Å²) in [6.45, 7) is 4.96. The molecule has 0 heterocycles. The van der Waals surface area contributed by atoms with Crippen LogP contribution in [-0.4, -0.2) is 50.1 Å². The molecule has 106 valence electrons. The second-order valence-corrected chi connectivity index (χ2v) is 6.05. The fraction of sp³-hybridized carbons (Fsp3) is 0.929. The van der Waals surface area contributed by atoms with Gasteiger partial charge >= 0.3 is 0 Å². The molecule has 0 spiro atoms. The van der Waals surface area contributed by atoms with Crippen molar-refractivity contribution in [2.75, 3.05) is 27.7 Å². The van der Waals surface area contributed by atoms with E-state index in [0.717, 1.165) is 12.5 Å². The van der Waals surface area contributed by atoms with Crippen molar-refractivity contribution in [1.29, 1.82) is 0 Å². The smallest absolute Gasteiger partial charge is 0.236 e. The minimum Gasteiger partial charge on any atom is -0.353 e. The average Bonchev–Trinajstić information content (AvgIpc) is 2.34. The van der Waals surface area contributed by atoms with Crippen molar-refractivity contribution < 1.29 is 4.79 Å². The molecule has 1 aliphatic rings. The highest BCUT2D eigenvalue weighted by Gasteiger charge is 2.37. The van der Waals surface area contributed by atoms with Crippen LogP contribution in [0.3, 0.4) is 0 Å². The first-order chi connectivity index (χ1) is 8.41. The molecule has 4 nitrogen and oxygen atoms in total. The van der Waals surface area contributed by atoms with Crippen molar-refractivity contribution in [2.24, 2.45) is 5.92 Å². The number of rotatable bonds is 5. The number of amides is 1. The third-order valence-corrected chi connectivity index (χ3v) is 4.43. The van der Waals surface area contributed by atoms with Crippen molar-refractivity contribution in [1.82, 2.24) is 15.5 Å². The van der Waals surface area contributed by atoms with Crippen LogP contribution < -0.4 is 10.6 Å². The highest BCUT2D eigenvalue weighted by atomic mass is 16.2. The second-order valence-electron chi connectivity index (χ2n) is 6.05. The predicted octanol–water partition coefficient (Wildman–Crippen LogP) is 1.22. The SMILES string of the molecule is CNC(C)C(=O)NCC1(N(C)C)CCCC(C)C1. The molecule has 1 amide bonds. The monoisotopic (exact) mass is 255 g/mol. The van der Waals surface area contributed by atoms with Gasteiger partial charge in [0.05, 0.1) is 6.04 Å². The molecule has 1 fully saturated rings. The van der Waals surface area contributed by atoms with E-state index in [4.69, 9.17) is 0 Å². The van der Waals surface area contributed by atoms with Gasteiger partial charge in [-0.2, -0.15) is 0 Å². The van der Waals surface area contributed by atoms with Crippen LogP contribution in [0, 0.1) is 5.92 Å². The molecule has 3 unspecified atom stereocenters. The zero-order valence-electron chi connectivity index (χ0n) is 12.5. The molecule has 1 saturated carbocycles. The Labute approximate surface area is 111 Å². The fourth-order valence-electron chi connectivity index (χ4n) is 2.89. The average molecular weight is 255 g/mol. The van der Waals surface area contributed by atoms with Crippen molar-refractivity contribution in [2.45, 2.75) is 51.1 Å². The normalized spacial score (nSPS) is 30.2. The molecule has 0 aliphatic heterocycles. The van der Waals surface area contributed by atoms with Crippen LogP contribution in [0.2, 0.25) is 0 Å². The van der Waals surface area contributed by atoms with Crippen LogP contribution in [0.1, 0.15) is 39.5 Å². The number of carbonyl (C=O) groups excluding carboxylic acids is 1. The number of nitrogens with one attached hydrogen (secondary N) is 2. The summed E-state index contributed by atoms with van der Waals surface area (Å²) in [6, 6.07) is -0.120. The molecule has 0 saturated heterocycles. The maximum absolute atomic E-state index is 11.9. The second kappa shape index (κ2) is 6.53. The number of carbonyl (C=O) groups is 1. The summed E-state index contributed by atoms with van der Waals surface area (Å²) in [5.74, 6) is 0.844. The number of nitrogens with zero attached hydrogens (tertiary/aromatic N) is 1. The Morgan fingerprint density at radius 3 is 2.67 bits per heavy atom. The highest BCUT2D eigenvalue weighted by Crippen LogP contribution is 2.35. The number of hydrogen-bond acceptors (Lipinski definition) is 3. The molecule has 0 radical (unpaired) electrons. The standard InChI is InChI=1S/C14H29N3O/c1-11-7-6-8-14(9-11,17(4)5)10-16-13(18)12(2)15-3/h11-12,15H,6-10H2,1-5H3,(H,16,18). The Kier molecular flexibility index (Phi) is 5.60. The molecule has 0 aromatic heterocycles. The van der Waals surface area contributed by atoms with Crippen molar-refractivity contribution in [3.8, 4) is 0 Å². The Hall–Kier alpha value is -0.610. The molecular formula is C14H29N3O. The van der Waals surface area contributed by atoms with Gasteiger partial charge < -0.3 is 15.5 Å². The van der Waals surface area contributed by atoms with Crippen molar-refractivity contribution in [3.05, 3.63) is 0 Å². The fourth-order valence-corrected chi connectivity index (χ4v) is 2.89. The largest absolute Gasteiger partial charge is 0.353 e. The van der Waals surface area contributed by atoms with Gasteiger partial charge in [-0.05, 0) is 46.8 Å².